The molecule has 1 rings (SSSR count). The number of halogens is 2. The van der Waals surface area contributed by atoms with Crippen molar-refractivity contribution < 1.29 is 9.53 Å². The number of esters is 1. The van der Waals surface area contributed by atoms with Gasteiger partial charge in [-0.15, -0.1) is 0 Å². The van der Waals surface area contributed by atoms with Crippen molar-refractivity contribution in [2.45, 2.75) is 24.6 Å². The maximum atomic E-state index is 11.3. The molecule has 16 heavy (non-hydrogen) atoms. The molecule has 0 saturated heterocycles. The molecule has 0 saturated carbocycles. The van der Waals surface area contributed by atoms with Gasteiger partial charge in [-0.1, -0.05) is 44.8 Å². The summed E-state index contributed by atoms with van der Waals surface area (Å²) in [6, 6.07) is 6.12. The van der Waals surface area contributed by atoms with Crippen LogP contribution in [0.25, 0.3) is 0 Å². The van der Waals surface area contributed by atoms with Crippen LogP contribution in [-0.2, 0) is 22.4 Å². The third-order valence-electron chi connectivity index (χ3n) is 2.41. The minimum Gasteiger partial charge on any atom is -0.468 e. The van der Waals surface area contributed by atoms with Gasteiger partial charge in [-0.25, -0.2) is 0 Å². The SMILES string of the molecule is CCc1cc(Br)ccc1CC(Br)C(=O)OC. The van der Waals surface area contributed by atoms with Crippen molar-refractivity contribution >= 4 is 37.8 Å². The molecule has 0 N–H and O–H groups in total. The van der Waals surface area contributed by atoms with Gasteiger partial charge in [0.2, 0.25) is 0 Å². The van der Waals surface area contributed by atoms with E-state index in [0.717, 1.165) is 10.9 Å². The molecule has 0 amide bonds. The number of carbonyl (C=O) groups is 1. The second kappa shape index (κ2) is 6.40. The van der Waals surface area contributed by atoms with Gasteiger partial charge in [-0.2, -0.15) is 0 Å². The number of rotatable bonds is 4. The Kier molecular flexibility index (Phi) is 5.49. The van der Waals surface area contributed by atoms with Gasteiger partial charge < -0.3 is 4.74 Å². The predicted octanol–water partition coefficient (Wildman–Crippen LogP) is 3.49. The standard InChI is InChI=1S/C12H14Br2O2/c1-3-8-6-10(13)5-4-9(8)7-11(14)12(15)16-2/h4-6,11H,3,7H2,1-2H3. The molecule has 1 aromatic rings. The monoisotopic (exact) mass is 348 g/mol. The van der Waals surface area contributed by atoms with Gasteiger partial charge in [-0.3, -0.25) is 4.79 Å². The van der Waals surface area contributed by atoms with Crippen molar-refractivity contribution in [3.05, 3.63) is 33.8 Å². The Morgan fingerprint density at radius 3 is 2.69 bits per heavy atom. The number of benzene rings is 1. The molecule has 0 aromatic heterocycles. The zero-order valence-electron chi connectivity index (χ0n) is 9.30. The molecule has 0 heterocycles. The lowest BCUT2D eigenvalue weighted by Gasteiger charge is -2.11. The third-order valence-corrected chi connectivity index (χ3v) is 3.60. The first-order valence-electron chi connectivity index (χ1n) is 5.07. The molecule has 4 heteroatoms. The van der Waals surface area contributed by atoms with Crippen LogP contribution in [0.2, 0.25) is 0 Å². The molecule has 0 aliphatic heterocycles. The van der Waals surface area contributed by atoms with Gasteiger partial charge in [-0.05, 0) is 36.1 Å². The summed E-state index contributed by atoms with van der Waals surface area (Å²) in [6.07, 6.45) is 1.61. The highest BCUT2D eigenvalue weighted by atomic mass is 79.9. The van der Waals surface area contributed by atoms with Crippen LogP contribution in [0.3, 0.4) is 0 Å². The quantitative estimate of drug-likeness (QED) is 0.614. The summed E-state index contributed by atoms with van der Waals surface area (Å²) in [7, 11) is 1.40. The van der Waals surface area contributed by atoms with Crippen LogP contribution < -0.4 is 0 Å². The van der Waals surface area contributed by atoms with Crippen molar-refractivity contribution in [1.82, 2.24) is 0 Å². The van der Waals surface area contributed by atoms with Crippen molar-refractivity contribution in [3.8, 4) is 0 Å². The van der Waals surface area contributed by atoms with E-state index in [9.17, 15) is 4.79 Å². The van der Waals surface area contributed by atoms with Crippen LogP contribution in [-0.4, -0.2) is 17.9 Å². The van der Waals surface area contributed by atoms with E-state index in [2.05, 4.69) is 49.6 Å². The number of ether oxygens (including phenoxy) is 1. The summed E-state index contributed by atoms with van der Waals surface area (Å²) >= 11 is 6.78. The molecule has 0 aliphatic rings. The van der Waals surface area contributed by atoms with Gasteiger partial charge in [0, 0.05) is 4.47 Å². The van der Waals surface area contributed by atoms with E-state index >= 15 is 0 Å². The van der Waals surface area contributed by atoms with Gasteiger partial charge in [0.25, 0.3) is 0 Å². The first-order valence-corrected chi connectivity index (χ1v) is 6.78. The minimum atomic E-state index is -0.274. The van der Waals surface area contributed by atoms with E-state index in [4.69, 9.17) is 0 Å². The van der Waals surface area contributed by atoms with Crippen LogP contribution in [0.1, 0.15) is 18.1 Å². The summed E-state index contributed by atoms with van der Waals surface area (Å²) in [4.78, 5) is 11.0. The molecular weight excluding hydrogens is 336 g/mol. The Morgan fingerprint density at radius 2 is 2.12 bits per heavy atom. The molecule has 0 spiro atoms. The lowest BCUT2D eigenvalue weighted by Crippen LogP contribution is -2.18. The number of methoxy groups -OCH3 is 1. The zero-order chi connectivity index (χ0) is 12.1. The number of hydrogen-bond acceptors (Lipinski definition) is 2. The minimum absolute atomic E-state index is 0.232. The second-order valence-electron chi connectivity index (χ2n) is 3.46. The summed E-state index contributed by atoms with van der Waals surface area (Å²) < 4.78 is 5.75. The van der Waals surface area contributed by atoms with E-state index in [0.29, 0.717) is 6.42 Å². The number of alkyl halides is 1. The van der Waals surface area contributed by atoms with Crippen molar-refractivity contribution in [2.24, 2.45) is 0 Å². The summed E-state index contributed by atoms with van der Waals surface area (Å²) in [5.41, 5.74) is 2.43. The molecule has 88 valence electrons. The van der Waals surface area contributed by atoms with Crippen LogP contribution in [0, 0.1) is 0 Å². The molecule has 0 aliphatic carbocycles. The van der Waals surface area contributed by atoms with E-state index in [1.807, 2.05) is 12.1 Å². The van der Waals surface area contributed by atoms with Gasteiger partial charge in [0.15, 0.2) is 0 Å². The topological polar surface area (TPSA) is 26.3 Å². The van der Waals surface area contributed by atoms with E-state index in [-0.39, 0.29) is 10.8 Å². The Morgan fingerprint density at radius 1 is 1.44 bits per heavy atom. The summed E-state index contributed by atoms with van der Waals surface area (Å²) in [6.45, 7) is 2.10. The molecule has 0 bridgehead atoms. The fourth-order valence-corrected chi connectivity index (χ4v) is 2.47. The molecule has 1 aromatic carbocycles. The van der Waals surface area contributed by atoms with Crippen molar-refractivity contribution in [1.29, 1.82) is 0 Å². The van der Waals surface area contributed by atoms with Gasteiger partial charge in [0.1, 0.15) is 4.83 Å². The largest absolute Gasteiger partial charge is 0.468 e. The Bertz CT molecular complexity index is 377. The first-order chi connectivity index (χ1) is 7.58. The molecule has 1 atom stereocenters. The molecule has 0 radical (unpaired) electrons. The maximum Gasteiger partial charge on any atom is 0.319 e. The molecule has 0 fully saturated rings. The summed E-state index contributed by atoms with van der Waals surface area (Å²) in [5, 5.41) is 0. The van der Waals surface area contributed by atoms with Crippen molar-refractivity contribution in [3.63, 3.8) is 0 Å². The van der Waals surface area contributed by atoms with Crippen LogP contribution in [0.5, 0.6) is 0 Å². The summed E-state index contributed by atoms with van der Waals surface area (Å²) in [5.74, 6) is -0.232. The first kappa shape index (κ1) is 13.7. The average Bonchev–Trinajstić information content (AvgIpc) is 2.30. The van der Waals surface area contributed by atoms with Crippen LogP contribution in [0.15, 0.2) is 22.7 Å². The average molecular weight is 350 g/mol. The second-order valence-corrected chi connectivity index (χ2v) is 5.48. The van der Waals surface area contributed by atoms with E-state index < -0.39 is 0 Å². The number of carbonyl (C=O) groups excluding carboxylic acids is 1. The van der Waals surface area contributed by atoms with Crippen LogP contribution in [0.4, 0.5) is 0 Å². The zero-order valence-corrected chi connectivity index (χ0v) is 12.5. The third kappa shape index (κ3) is 3.59. The Hall–Kier alpha value is -0.350. The number of hydrogen-bond donors (Lipinski definition) is 0. The van der Waals surface area contributed by atoms with Crippen molar-refractivity contribution in [2.75, 3.05) is 7.11 Å². The van der Waals surface area contributed by atoms with E-state index in [1.54, 1.807) is 0 Å². The van der Waals surface area contributed by atoms with Gasteiger partial charge >= 0.3 is 5.97 Å². The number of aryl methyl sites for hydroxylation is 1. The highest BCUT2D eigenvalue weighted by Crippen LogP contribution is 2.20. The normalized spacial score (nSPS) is 12.2. The van der Waals surface area contributed by atoms with E-state index in [1.165, 1.54) is 18.2 Å². The lowest BCUT2D eigenvalue weighted by molar-refractivity contribution is -0.139. The maximum absolute atomic E-state index is 11.3. The fraction of sp³-hybridized carbons (Fsp3) is 0.417. The smallest absolute Gasteiger partial charge is 0.319 e. The Labute approximate surface area is 113 Å². The van der Waals surface area contributed by atoms with Gasteiger partial charge in [0.05, 0.1) is 7.11 Å². The Balaban J connectivity index is 2.84. The lowest BCUT2D eigenvalue weighted by atomic mass is 10.0. The highest BCUT2D eigenvalue weighted by molar-refractivity contribution is 9.10. The predicted molar refractivity (Wildman–Crippen MR) is 72.0 cm³/mol. The van der Waals surface area contributed by atoms with Crippen LogP contribution >= 0.6 is 31.9 Å². The molecular formula is C12H14Br2O2. The highest BCUT2D eigenvalue weighted by Gasteiger charge is 2.17. The molecule has 2 nitrogen and oxygen atoms in total. The molecule has 1 unspecified atom stereocenters. The fourth-order valence-electron chi connectivity index (χ4n) is 1.53.